The first-order chi connectivity index (χ1) is 11.9. The van der Waals surface area contributed by atoms with Gasteiger partial charge in [0.05, 0.1) is 0 Å². The van der Waals surface area contributed by atoms with Crippen molar-refractivity contribution in [2.75, 3.05) is 17.4 Å². The van der Waals surface area contributed by atoms with Gasteiger partial charge < -0.3 is 20.1 Å². The maximum Gasteiger partial charge on any atom is 0.231 e. The maximum absolute atomic E-state index is 5.38. The number of aromatic nitrogens is 3. The van der Waals surface area contributed by atoms with Crippen molar-refractivity contribution in [1.29, 1.82) is 0 Å². The standard InChI is InChI=1S/C17H15N5O2/c1-2-14-15(24-11-23-14)7-13(1)22-17-8-16(20-10-21-17)19-9-12-3-5-18-6-4-12/h1-8,10H,9,11H2,(H2,19,20,21,22). The van der Waals surface area contributed by atoms with Crippen LogP contribution in [0.25, 0.3) is 0 Å². The molecule has 3 heterocycles. The number of hydrogen-bond acceptors (Lipinski definition) is 7. The van der Waals surface area contributed by atoms with E-state index < -0.39 is 0 Å². The van der Waals surface area contributed by atoms with Crippen molar-refractivity contribution >= 4 is 17.3 Å². The van der Waals surface area contributed by atoms with Crippen LogP contribution in [0.2, 0.25) is 0 Å². The highest BCUT2D eigenvalue weighted by atomic mass is 16.7. The summed E-state index contributed by atoms with van der Waals surface area (Å²) in [5, 5.41) is 6.50. The molecule has 0 unspecified atom stereocenters. The molecule has 24 heavy (non-hydrogen) atoms. The zero-order valence-electron chi connectivity index (χ0n) is 12.8. The molecule has 0 spiro atoms. The summed E-state index contributed by atoms with van der Waals surface area (Å²) < 4.78 is 10.7. The number of hydrogen-bond donors (Lipinski definition) is 2. The van der Waals surface area contributed by atoms with E-state index in [4.69, 9.17) is 9.47 Å². The number of benzene rings is 1. The van der Waals surface area contributed by atoms with Crippen LogP contribution in [-0.2, 0) is 6.54 Å². The molecule has 0 radical (unpaired) electrons. The summed E-state index contributed by atoms with van der Waals surface area (Å²) in [5.41, 5.74) is 2.01. The number of rotatable bonds is 5. The fourth-order valence-electron chi connectivity index (χ4n) is 2.34. The van der Waals surface area contributed by atoms with Gasteiger partial charge in [-0.05, 0) is 29.8 Å². The molecule has 0 fully saturated rings. The summed E-state index contributed by atoms with van der Waals surface area (Å²) in [4.78, 5) is 12.5. The lowest BCUT2D eigenvalue weighted by molar-refractivity contribution is 0.174. The molecule has 0 saturated heterocycles. The zero-order chi connectivity index (χ0) is 16.2. The highest BCUT2D eigenvalue weighted by Crippen LogP contribution is 2.34. The lowest BCUT2D eigenvalue weighted by atomic mass is 10.2. The normalized spacial score (nSPS) is 12.0. The van der Waals surface area contributed by atoms with Crippen molar-refractivity contribution < 1.29 is 9.47 Å². The first-order valence-electron chi connectivity index (χ1n) is 7.48. The van der Waals surface area contributed by atoms with Gasteiger partial charge in [-0.2, -0.15) is 0 Å². The maximum atomic E-state index is 5.38. The lowest BCUT2D eigenvalue weighted by Gasteiger charge is -2.09. The summed E-state index contributed by atoms with van der Waals surface area (Å²) >= 11 is 0. The van der Waals surface area contributed by atoms with Gasteiger partial charge in [0.1, 0.15) is 18.0 Å². The lowest BCUT2D eigenvalue weighted by Crippen LogP contribution is -2.03. The van der Waals surface area contributed by atoms with Gasteiger partial charge in [-0.1, -0.05) is 0 Å². The largest absolute Gasteiger partial charge is 0.454 e. The second kappa shape index (κ2) is 6.41. The van der Waals surface area contributed by atoms with E-state index >= 15 is 0 Å². The molecule has 7 heteroatoms. The minimum atomic E-state index is 0.259. The SMILES string of the molecule is c1cc(CNc2cc(Nc3ccc4c(c3)OCO4)ncn2)ccn1. The Hall–Kier alpha value is -3.35. The second-order valence-electron chi connectivity index (χ2n) is 5.19. The third-order valence-corrected chi connectivity index (χ3v) is 3.54. The van der Waals surface area contributed by atoms with Crippen LogP contribution in [0.5, 0.6) is 11.5 Å². The second-order valence-corrected chi connectivity index (χ2v) is 5.19. The van der Waals surface area contributed by atoms with E-state index in [1.165, 1.54) is 6.33 Å². The van der Waals surface area contributed by atoms with Crippen LogP contribution in [-0.4, -0.2) is 21.7 Å². The number of pyridine rings is 1. The van der Waals surface area contributed by atoms with E-state index in [1.54, 1.807) is 12.4 Å². The summed E-state index contributed by atoms with van der Waals surface area (Å²) in [6.45, 7) is 0.929. The number of nitrogens with one attached hydrogen (secondary N) is 2. The summed E-state index contributed by atoms with van der Waals surface area (Å²) in [6, 6.07) is 11.4. The van der Waals surface area contributed by atoms with Crippen LogP contribution in [0.4, 0.5) is 17.3 Å². The van der Waals surface area contributed by atoms with E-state index in [2.05, 4.69) is 25.6 Å². The molecule has 4 rings (SSSR count). The van der Waals surface area contributed by atoms with Crippen molar-refractivity contribution in [3.8, 4) is 11.5 Å². The molecule has 1 aromatic carbocycles. The van der Waals surface area contributed by atoms with Gasteiger partial charge in [-0.15, -0.1) is 0 Å². The molecular weight excluding hydrogens is 306 g/mol. The quantitative estimate of drug-likeness (QED) is 0.747. The molecule has 1 aliphatic rings. The molecule has 2 N–H and O–H groups in total. The third-order valence-electron chi connectivity index (χ3n) is 3.54. The molecular formula is C17H15N5O2. The first kappa shape index (κ1) is 14.3. The molecule has 0 bridgehead atoms. The van der Waals surface area contributed by atoms with Crippen molar-refractivity contribution in [3.05, 3.63) is 60.7 Å². The Bertz CT molecular complexity index is 841. The van der Waals surface area contributed by atoms with Crippen molar-refractivity contribution in [2.45, 2.75) is 6.54 Å². The fraction of sp³-hybridized carbons (Fsp3) is 0.118. The average Bonchev–Trinajstić information content (AvgIpc) is 3.09. The van der Waals surface area contributed by atoms with Crippen molar-refractivity contribution in [3.63, 3.8) is 0 Å². The monoisotopic (exact) mass is 321 g/mol. The van der Waals surface area contributed by atoms with Gasteiger partial charge in [-0.3, -0.25) is 4.98 Å². The molecule has 2 aromatic heterocycles. The smallest absolute Gasteiger partial charge is 0.231 e. The van der Waals surface area contributed by atoms with Crippen LogP contribution in [0.1, 0.15) is 5.56 Å². The molecule has 0 saturated carbocycles. The number of nitrogens with zero attached hydrogens (tertiary/aromatic N) is 3. The van der Waals surface area contributed by atoms with Crippen molar-refractivity contribution in [2.24, 2.45) is 0 Å². The fourth-order valence-corrected chi connectivity index (χ4v) is 2.34. The van der Waals surface area contributed by atoms with Crippen LogP contribution < -0.4 is 20.1 Å². The molecule has 3 aromatic rings. The van der Waals surface area contributed by atoms with E-state index in [0.29, 0.717) is 12.4 Å². The Morgan fingerprint density at radius 1 is 0.917 bits per heavy atom. The van der Waals surface area contributed by atoms with E-state index in [-0.39, 0.29) is 6.79 Å². The van der Waals surface area contributed by atoms with E-state index in [0.717, 1.165) is 28.6 Å². The topological polar surface area (TPSA) is 81.2 Å². The van der Waals surface area contributed by atoms with Crippen LogP contribution in [0, 0.1) is 0 Å². The average molecular weight is 321 g/mol. The van der Waals surface area contributed by atoms with Crippen molar-refractivity contribution in [1.82, 2.24) is 15.0 Å². The summed E-state index contributed by atoms with van der Waals surface area (Å²) in [6.07, 6.45) is 5.05. The van der Waals surface area contributed by atoms with Gasteiger partial charge in [0.2, 0.25) is 6.79 Å². The Kier molecular flexibility index (Phi) is 3.81. The number of fused-ring (bicyclic) bond motifs is 1. The van der Waals surface area contributed by atoms with Gasteiger partial charge in [0.15, 0.2) is 11.5 Å². The molecule has 1 aliphatic heterocycles. The summed E-state index contributed by atoms with van der Waals surface area (Å²) in [5.74, 6) is 2.92. The zero-order valence-corrected chi connectivity index (χ0v) is 12.8. The highest BCUT2D eigenvalue weighted by molar-refractivity contribution is 5.63. The Balaban J connectivity index is 1.44. The summed E-state index contributed by atoms with van der Waals surface area (Å²) in [7, 11) is 0. The number of ether oxygens (including phenoxy) is 2. The van der Waals surface area contributed by atoms with Gasteiger partial charge >= 0.3 is 0 Å². The molecule has 7 nitrogen and oxygen atoms in total. The van der Waals surface area contributed by atoms with Crippen LogP contribution in [0.15, 0.2) is 55.1 Å². The van der Waals surface area contributed by atoms with Gasteiger partial charge in [0, 0.05) is 36.8 Å². The Morgan fingerprint density at radius 3 is 2.67 bits per heavy atom. The minimum absolute atomic E-state index is 0.259. The predicted molar refractivity (Wildman–Crippen MR) is 89.4 cm³/mol. The van der Waals surface area contributed by atoms with Gasteiger partial charge in [-0.25, -0.2) is 9.97 Å². The molecule has 0 amide bonds. The molecule has 0 aliphatic carbocycles. The predicted octanol–water partition coefficient (Wildman–Crippen LogP) is 2.96. The van der Waals surface area contributed by atoms with E-state index in [9.17, 15) is 0 Å². The number of anilines is 3. The third kappa shape index (κ3) is 3.19. The molecule has 0 atom stereocenters. The minimum Gasteiger partial charge on any atom is -0.454 e. The van der Waals surface area contributed by atoms with E-state index in [1.807, 2.05) is 36.4 Å². The molecule has 120 valence electrons. The van der Waals surface area contributed by atoms with Crippen LogP contribution in [0.3, 0.4) is 0 Å². The first-order valence-corrected chi connectivity index (χ1v) is 7.48. The van der Waals surface area contributed by atoms with Crippen LogP contribution >= 0.6 is 0 Å². The van der Waals surface area contributed by atoms with Gasteiger partial charge in [0.25, 0.3) is 0 Å². The Morgan fingerprint density at radius 2 is 1.75 bits per heavy atom. The Labute approximate surface area is 138 Å². The highest BCUT2D eigenvalue weighted by Gasteiger charge is 2.13.